The van der Waals surface area contributed by atoms with E-state index in [-0.39, 0.29) is 5.91 Å². The number of para-hydroxylation sites is 1. The van der Waals surface area contributed by atoms with Crippen LogP contribution < -0.4 is 9.64 Å². The lowest BCUT2D eigenvalue weighted by Gasteiger charge is -2.27. The Morgan fingerprint density at radius 3 is 2.29 bits per heavy atom. The largest absolute Gasteiger partial charge is 0.497 e. The van der Waals surface area contributed by atoms with E-state index in [4.69, 9.17) is 9.47 Å². The third kappa shape index (κ3) is 1.76. The van der Waals surface area contributed by atoms with Crippen LogP contribution in [0.25, 0.3) is 0 Å². The molecule has 2 aromatic carbocycles. The molecule has 1 aliphatic heterocycles. The van der Waals surface area contributed by atoms with Gasteiger partial charge in [-0.25, -0.2) is 0 Å². The minimum absolute atomic E-state index is 0.0867. The van der Waals surface area contributed by atoms with Crippen molar-refractivity contribution >= 4 is 11.6 Å². The molecule has 1 aliphatic rings. The second-order valence-corrected chi connectivity index (χ2v) is 5.00. The molecule has 1 atom stereocenters. The predicted molar refractivity (Wildman–Crippen MR) is 80.6 cm³/mol. The Hall–Kier alpha value is -2.33. The van der Waals surface area contributed by atoms with Crippen LogP contribution in [0.5, 0.6) is 5.75 Å². The first kappa shape index (κ1) is 13.6. The Kier molecular flexibility index (Phi) is 3.18. The molecule has 4 heteroatoms. The number of rotatable bonds is 3. The number of hydrogen-bond acceptors (Lipinski definition) is 3. The molecule has 1 heterocycles. The van der Waals surface area contributed by atoms with Crippen LogP contribution in [0.4, 0.5) is 5.69 Å². The maximum absolute atomic E-state index is 12.8. The molecule has 0 unspecified atom stereocenters. The second-order valence-electron chi connectivity index (χ2n) is 5.00. The van der Waals surface area contributed by atoms with E-state index in [1.165, 1.54) is 0 Å². The van der Waals surface area contributed by atoms with E-state index in [1.807, 2.05) is 48.5 Å². The van der Waals surface area contributed by atoms with E-state index in [0.717, 1.165) is 22.6 Å². The highest BCUT2D eigenvalue weighted by Gasteiger charge is 2.51. The molecular formula is C17H17NO3. The third-order valence-corrected chi connectivity index (χ3v) is 4.05. The first-order chi connectivity index (χ1) is 10.1. The van der Waals surface area contributed by atoms with Crippen molar-refractivity contribution in [3.63, 3.8) is 0 Å². The minimum Gasteiger partial charge on any atom is -0.497 e. The molecule has 0 N–H and O–H groups in total. The predicted octanol–water partition coefficient (Wildman–Crippen LogP) is 2.56. The van der Waals surface area contributed by atoms with Gasteiger partial charge in [0.2, 0.25) is 0 Å². The number of carbonyl (C=O) groups excluding carboxylic acids is 1. The summed E-state index contributed by atoms with van der Waals surface area (Å²) >= 11 is 0. The van der Waals surface area contributed by atoms with Crippen LogP contribution in [-0.2, 0) is 15.1 Å². The van der Waals surface area contributed by atoms with Gasteiger partial charge in [-0.15, -0.1) is 0 Å². The maximum atomic E-state index is 12.8. The monoisotopic (exact) mass is 283 g/mol. The van der Waals surface area contributed by atoms with Gasteiger partial charge in [-0.05, 0) is 23.8 Å². The van der Waals surface area contributed by atoms with Gasteiger partial charge < -0.3 is 14.4 Å². The van der Waals surface area contributed by atoms with Crippen molar-refractivity contribution in [2.45, 2.75) is 5.60 Å². The van der Waals surface area contributed by atoms with Crippen molar-refractivity contribution in [3.8, 4) is 5.75 Å². The van der Waals surface area contributed by atoms with Gasteiger partial charge in [0.05, 0.1) is 12.8 Å². The van der Waals surface area contributed by atoms with Gasteiger partial charge in [0, 0.05) is 19.7 Å². The lowest BCUT2D eigenvalue weighted by atomic mass is 9.87. The summed E-state index contributed by atoms with van der Waals surface area (Å²) < 4.78 is 10.9. The highest BCUT2D eigenvalue weighted by molar-refractivity contribution is 6.08. The van der Waals surface area contributed by atoms with Gasteiger partial charge in [0.1, 0.15) is 5.75 Å². The number of methoxy groups -OCH3 is 2. The lowest BCUT2D eigenvalue weighted by molar-refractivity contribution is -0.134. The summed E-state index contributed by atoms with van der Waals surface area (Å²) in [6.45, 7) is 0. The molecule has 1 amide bonds. The zero-order valence-electron chi connectivity index (χ0n) is 12.3. The smallest absolute Gasteiger partial charge is 0.268 e. The molecule has 0 fully saturated rings. The molecular weight excluding hydrogens is 266 g/mol. The maximum Gasteiger partial charge on any atom is 0.268 e. The van der Waals surface area contributed by atoms with Crippen LogP contribution in [0, 0.1) is 0 Å². The van der Waals surface area contributed by atoms with E-state index in [0.29, 0.717) is 0 Å². The lowest BCUT2D eigenvalue weighted by Crippen LogP contribution is -2.41. The van der Waals surface area contributed by atoms with Crippen LogP contribution in [0.1, 0.15) is 11.1 Å². The highest BCUT2D eigenvalue weighted by Crippen LogP contribution is 2.46. The number of benzene rings is 2. The van der Waals surface area contributed by atoms with Crippen LogP contribution >= 0.6 is 0 Å². The quantitative estimate of drug-likeness (QED) is 0.869. The fraction of sp³-hybridized carbons (Fsp3) is 0.235. The number of anilines is 1. The number of fused-ring (bicyclic) bond motifs is 1. The Labute approximate surface area is 123 Å². The van der Waals surface area contributed by atoms with Gasteiger partial charge in [-0.2, -0.15) is 0 Å². The summed E-state index contributed by atoms with van der Waals surface area (Å²) in [6, 6.07) is 15.1. The van der Waals surface area contributed by atoms with Gasteiger partial charge >= 0.3 is 0 Å². The summed E-state index contributed by atoms with van der Waals surface area (Å²) in [6.07, 6.45) is 0. The van der Waals surface area contributed by atoms with E-state index < -0.39 is 5.60 Å². The number of likely N-dealkylation sites (N-methyl/N-ethyl adjacent to an activating group) is 1. The number of carbonyl (C=O) groups is 1. The van der Waals surface area contributed by atoms with Crippen molar-refractivity contribution in [3.05, 3.63) is 59.7 Å². The molecule has 108 valence electrons. The summed E-state index contributed by atoms with van der Waals surface area (Å²) in [7, 11) is 4.95. The van der Waals surface area contributed by atoms with Gasteiger partial charge in [-0.1, -0.05) is 30.3 Å². The topological polar surface area (TPSA) is 38.8 Å². The molecule has 0 bridgehead atoms. The summed E-state index contributed by atoms with van der Waals surface area (Å²) in [5, 5.41) is 0. The highest BCUT2D eigenvalue weighted by atomic mass is 16.5. The minimum atomic E-state index is -1.09. The van der Waals surface area contributed by atoms with E-state index >= 15 is 0 Å². The van der Waals surface area contributed by atoms with Gasteiger partial charge in [0.25, 0.3) is 5.91 Å². The van der Waals surface area contributed by atoms with Crippen LogP contribution in [0.3, 0.4) is 0 Å². The molecule has 0 radical (unpaired) electrons. The van der Waals surface area contributed by atoms with Crippen LogP contribution in [0.15, 0.2) is 48.5 Å². The van der Waals surface area contributed by atoms with Gasteiger partial charge in [0.15, 0.2) is 5.60 Å². The van der Waals surface area contributed by atoms with Crippen molar-refractivity contribution in [1.29, 1.82) is 0 Å². The average Bonchev–Trinajstić information content (AvgIpc) is 2.77. The molecule has 0 saturated heterocycles. The number of nitrogens with zero attached hydrogens (tertiary/aromatic N) is 1. The molecule has 4 nitrogen and oxygen atoms in total. The molecule has 0 spiro atoms. The number of amides is 1. The van der Waals surface area contributed by atoms with Crippen molar-refractivity contribution in [2.24, 2.45) is 0 Å². The zero-order chi connectivity index (χ0) is 15.0. The third-order valence-electron chi connectivity index (χ3n) is 4.05. The molecule has 0 saturated carbocycles. The molecule has 2 aromatic rings. The first-order valence-corrected chi connectivity index (χ1v) is 6.72. The number of ether oxygens (including phenoxy) is 2. The van der Waals surface area contributed by atoms with E-state index in [9.17, 15) is 4.79 Å². The fourth-order valence-corrected chi connectivity index (χ4v) is 2.94. The van der Waals surface area contributed by atoms with E-state index in [1.54, 1.807) is 26.2 Å². The van der Waals surface area contributed by atoms with Crippen molar-refractivity contribution in [1.82, 2.24) is 0 Å². The fourth-order valence-electron chi connectivity index (χ4n) is 2.94. The summed E-state index contributed by atoms with van der Waals surface area (Å²) in [5.74, 6) is 0.661. The molecule has 3 rings (SSSR count). The van der Waals surface area contributed by atoms with Crippen LogP contribution in [-0.4, -0.2) is 27.2 Å². The molecule has 21 heavy (non-hydrogen) atoms. The van der Waals surface area contributed by atoms with E-state index in [2.05, 4.69) is 0 Å². The van der Waals surface area contributed by atoms with Crippen molar-refractivity contribution in [2.75, 3.05) is 26.2 Å². The molecule has 0 aliphatic carbocycles. The number of hydrogen-bond donors (Lipinski definition) is 0. The summed E-state index contributed by atoms with van der Waals surface area (Å²) in [4.78, 5) is 14.5. The first-order valence-electron chi connectivity index (χ1n) is 6.72. The average molecular weight is 283 g/mol. The Morgan fingerprint density at radius 2 is 1.67 bits per heavy atom. The zero-order valence-corrected chi connectivity index (χ0v) is 12.3. The Bertz CT molecular complexity index is 681. The Morgan fingerprint density at radius 1 is 1.00 bits per heavy atom. The SMILES string of the molecule is COc1ccc([C@@]2(OC)C(=O)N(C)c3ccccc32)cc1. The van der Waals surface area contributed by atoms with Crippen LogP contribution in [0.2, 0.25) is 0 Å². The van der Waals surface area contributed by atoms with Gasteiger partial charge in [-0.3, -0.25) is 4.79 Å². The standard InChI is InChI=1S/C17H17NO3/c1-18-15-7-5-4-6-14(15)17(21-3,16(18)19)12-8-10-13(20-2)11-9-12/h4-11H,1-3H3/t17-/m0/s1. The van der Waals surface area contributed by atoms with Crippen molar-refractivity contribution < 1.29 is 14.3 Å². The summed E-state index contributed by atoms with van der Waals surface area (Å²) in [5.41, 5.74) is 1.45. The normalized spacial score (nSPS) is 20.5. The molecule has 0 aromatic heterocycles. The Balaban J connectivity index is 2.22. The second kappa shape index (κ2) is 4.90.